The first-order chi connectivity index (χ1) is 12.2. The molecule has 6 nitrogen and oxygen atoms in total. The molecule has 0 saturated heterocycles. The first kappa shape index (κ1) is 17.9. The zero-order valence-corrected chi connectivity index (χ0v) is 15.8. The van der Waals surface area contributed by atoms with Crippen LogP contribution >= 0.6 is 0 Å². The molecule has 0 atom stereocenters. The molecule has 0 aliphatic rings. The van der Waals surface area contributed by atoms with Gasteiger partial charge in [0.15, 0.2) is 0 Å². The van der Waals surface area contributed by atoms with Crippen molar-refractivity contribution in [2.24, 2.45) is 5.41 Å². The number of nitrogens with one attached hydrogen (secondary N) is 1. The molecular formula is C20H24N4O2. The SMILES string of the molecule is Cc1cnn(Cc2nc(-c3ccc(NC(=O)C(C)(C)C)cc3)oc2C)c1. The lowest BCUT2D eigenvalue weighted by atomic mass is 9.95. The molecule has 0 bridgehead atoms. The van der Waals surface area contributed by atoms with E-state index in [1.54, 1.807) is 0 Å². The molecular weight excluding hydrogens is 328 g/mol. The van der Waals surface area contributed by atoms with Gasteiger partial charge in [-0.25, -0.2) is 4.98 Å². The van der Waals surface area contributed by atoms with Gasteiger partial charge < -0.3 is 9.73 Å². The van der Waals surface area contributed by atoms with Crippen molar-refractivity contribution in [2.75, 3.05) is 5.32 Å². The summed E-state index contributed by atoms with van der Waals surface area (Å²) in [5.74, 6) is 1.32. The fourth-order valence-corrected chi connectivity index (χ4v) is 2.42. The molecule has 0 unspecified atom stereocenters. The average Bonchev–Trinajstić information content (AvgIpc) is 3.14. The van der Waals surface area contributed by atoms with Crippen molar-refractivity contribution in [3.05, 3.63) is 53.7 Å². The minimum Gasteiger partial charge on any atom is -0.441 e. The van der Waals surface area contributed by atoms with Crippen molar-refractivity contribution in [3.63, 3.8) is 0 Å². The molecule has 136 valence electrons. The normalized spacial score (nSPS) is 11.6. The standard InChI is InChI=1S/C20H24N4O2/c1-13-10-21-24(11-13)12-17-14(2)26-18(23-17)15-6-8-16(9-7-15)22-19(25)20(3,4)5/h6-11H,12H2,1-5H3,(H,22,25). The van der Waals surface area contributed by atoms with E-state index < -0.39 is 5.41 Å². The van der Waals surface area contributed by atoms with E-state index in [0.717, 1.165) is 28.3 Å². The Morgan fingerprint density at radius 3 is 2.46 bits per heavy atom. The van der Waals surface area contributed by atoms with Crippen LogP contribution in [0.1, 0.15) is 37.8 Å². The summed E-state index contributed by atoms with van der Waals surface area (Å²) in [5.41, 5.74) is 3.15. The summed E-state index contributed by atoms with van der Waals surface area (Å²) in [6.07, 6.45) is 3.79. The number of amides is 1. The van der Waals surface area contributed by atoms with Crippen molar-refractivity contribution in [1.82, 2.24) is 14.8 Å². The van der Waals surface area contributed by atoms with Gasteiger partial charge in [0.05, 0.1) is 12.7 Å². The smallest absolute Gasteiger partial charge is 0.229 e. The highest BCUT2D eigenvalue weighted by Crippen LogP contribution is 2.25. The zero-order chi connectivity index (χ0) is 18.9. The average molecular weight is 352 g/mol. The van der Waals surface area contributed by atoms with Gasteiger partial charge in [0, 0.05) is 22.9 Å². The summed E-state index contributed by atoms with van der Waals surface area (Å²) in [5, 5.41) is 7.20. The maximum absolute atomic E-state index is 12.1. The van der Waals surface area contributed by atoms with Gasteiger partial charge in [-0.2, -0.15) is 5.10 Å². The van der Waals surface area contributed by atoms with E-state index >= 15 is 0 Å². The molecule has 2 heterocycles. The van der Waals surface area contributed by atoms with E-state index in [0.29, 0.717) is 12.4 Å². The summed E-state index contributed by atoms with van der Waals surface area (Å²) in [6, 6.07) is 7.50. The molecule has 0 fully saturated rings. The van der Waals surface area contributed by atoms with Crippen LogP contribution in [0.3, 0.4) is 0 Å². The second kappa shape index (κ2) is 6.78. The van der Waals surface area contributed by atoms with E-state index in [4.69, 9.17) is 4.42 Å². The number of aromatic nitrogens is 3. The Balaban J connectivity index is 1.75. The highest BCUT2D eigenvalue weighted by molar-refractivity contribution is 5.94. The number of hydrogen-bond donors (Lipinski definition) is 1. The molecule has 1 aromatic carbocycles. The lowest BCUT2D eigenvalue weighted by Gasteiger charge is -2.17. The summed E-state index contributed by atoms with van der Waals surface area (Å²) < 4.78 is 7.66. The van der Waals surface area contributed by atoms with E-state index in [2.05, 4.69) is 15.4 Å². The molecule has 2 aromatic heterocycles. The van der Waals surface area contributed by atoms with Crippen LogP contribution in [0.25, 0.3) is 11.5 Å². The Kier molecular flexibility index (Phi) is 4.68. The van der Waals surface area contributed by atoms with Crippen LogP contribution in [0.15, 0.2) is 41.1 Å². The Morgan fingerprint density at radius 2 is 1.88 bits per heavy atom. The Morgan fingerprint density at radius 1 is 1.19 bits per heavy atom. The number of hydrogen-bond acceptors (Lipinski definition) is 4. The van der Waals surface area contributed by atoms with Gasteiger partial charge in [0.1, 0.15) is 11.5 Å². The van der Waals surface area contributed by atoms with Crippen LogP contribution in [-0.4, -0.2) is 20.7 Å². The number of carbonyl (C=O) groups excluding carboxylic acids is 1. The highest BCUT2D eigenvalue weighted by Gasteiger charge is 2.21. The number of oxazole rings is 1. The van der Waals surface area contributed by atoms with E-state index in [-0.39, 0.29) is 5.91 Å². The monoisotopic (exact) mass is 352 g/mol. The van der Waals surface area contributed by atoms with Crippen LogP contribution in [-0.2, 0) is 11.3 Å². The van der Waals surface area contributed by atoms with Crippen molar-refractivity contribution < 1.29 is 9.21 Å². The van der Waals surface area contributed by atoms with Crippen molar-refractivity contribution >= 4 is 11.6 Å². The number of benzene rings is 1. The number of aryl methyl sites for hydroxylation is 2. The van der Waals surface area contributed by atoms with E-state index in [9.17, 15) is 4.79 Å². The molecule has 1 N–H and O–H groups in total. The van der Waals surface area contributed by atoms with Crippen LogP contribution in [0.2, 0.25) is 0 Å². The number of carbonyl (C=O) groups is 1. The number of anilines is 1. The lowest BCUT2D eigenvalue weighted by molar-refractivity contribution is -0.123. The fraction of sp³-hybridized carbons (Fsp3) is 0.350. The summed E-state index contributed by atoms with van der Waals surface area (Å²) in [6.45, 7) is 10.1. The van der Waals surface area contributed by atoms with Crippen LogP contribution < -0.4 is 5.32 Å². The molecule has 0 aliphatic heterocycles. The molecule has 3 aromatic rings. The van der Waals surface area contributed by atoms with Crippen molar-refractivity contribution in [2.45, 2.75) is 41.2 Å². The minimum atomic E-state index is -0.432. The second-order valence-corrected chi connectivity index (χ2v) is 7.52. The first-order valence-electron chi connectivity index (χ1n) is 8.59. The predicted molar refractivity (Wildman–Crippen MR) is 101 cm³/mol. The predicted octanol–water partition coefficient (Wildman–Crippen LogP) is 4.19. The molecule has 0 radical (unpaired) electrons. The highest BCUT2D eigenvalue weighted by atomic mass is 16.4. The van der Waals surface area contributed by atoms with Gasteiger partial charge in [-0.15, -0.1) is 0 Å². The maximum atomic E-state index is 12.1. The van der Waals surface area contributed by atoms with Crippen molar-refractivity contribution in [1.29, 1.82) is 0 Å². The van der Waals surface area contributed by atoms with Gasteiger partial charge in [0.25, 0.3) is 0 Å². The third-order valence-electron chi connectivity index (χ3n) is 4.04. The summed E-state index contributed by atoms with van der Waals surface area (Å²) >= 11 is 0. The van der Waals surface area contributed by atoms with Crippen molar-refractivity contribution in [3.8, 4) is 11.5 Å². The third kappa shape index (κ3) is 4.02. The fourth-order valence-electron chi connectivity index (χ4n) is 2.42. The molecule has 26 heavy (non-hydrogen) atoms. The largest absolute Gasteiger partial charge is 0.441 e. The maximum Gasteiger partial charge on any atom is 0.229 e. The molecule has 0 aliphatic carbocycles. The van der Waals surface area contributed by atoms with Crippen LogP contribution in [0.5, 0.6) is 0 Å². The van der Waals surface area contributed by atoms with Gasteiger partial charge in [-0.3, -0.25) is 9.48 Å². The van der Waals surface area contributed by atoms with Crippen LogP contribution in [0.4, 0.5) is 5.69 Å². The van der Waals surface area contributed by atoms with E-state index in [1.165, 1.54) is 0 Å². The molecule has 0 spiro atoms. The lowest BCUT2D eigenvalue weighted by Crippen LogP contribution is -2.27. The van der Waals surface area contributed by atoms with Gasteiger partial charge >= 0.3 is 0 Å². The topological polar surface area (TPSA) is 73.0 Å². The second-order valence-electron chi connectivity index (χ2n) is 7.52. The Labute approximate surface area is 153 Å². The number of nitrogens with zero attached hydrogens (tertiary/aromatic N) is 3. The van der Waals surface area contributed by atoms with Gasteiger partial charge in [0.2, 0.25) is 11.8 Å². The van der Waals surface area contributed by atoms with Gasteiger partial charge in [-0.1, -0.05) is 20.8 Å². The number of rotatable bonds is 4. The summed E-state index contributed by atoms with van der Waals surface area (Å²) in [4.78, 5) is 16.7. The van der Waals surface area contributed by atoms with Gasteiger partial charge in [-0.05, 0) is 43.7 Å². The molecule has 1 amide bonds. The molecule has 6 heteroatoms. The Hall–Kier alpha value is -2.89. The first-order valence-corrected chi connectivity index (χ1v) is 8.59. The Bertz CT molecular complexity index is 914. The molecule has 3 rings (SSSR count). The van der Waals surface area contributed by atoms with Crippen LogP contribution in [0, 0.1) is 19.3 Å². The third-order valence-corrected chi connectivity index (χ3v) is 4.04. The quantitative estimate of drug-likeness (QED) is 0.764. The molecule has 0 saturated carbocycles. The zero-order valence-electron chi connectivity index (χ0n) is 15.8. The summed E-state index contributed by atoms with van der Waals surface area (Å²) in [7, 11) is 0. The minimum absolute atomic E-state index is 0.0194. The van der Waals surface area contributed by atoms with E-state index in [1.807, 2.05) is 76.0 Å².